The van der Waals surface area contributed by atoms with Crippen molar-refractivity contribution in [3.63, 3.8) is 0 Å². The lowest BCUT2D eigenvalue weighted by atomic mass is 10.1. The minimum atomic E-state index is 0. The SMILES string of the molecule is CCNC(=NCc1ccc(N(C)C)cc1)NCCC(C)C.I. The second-order valence-corrected chi connectivity index (χ2v) is 5.87. The summed E-state index contributed by atoms with van der Waals surface area (Å²) in [5, 5.41) is 6.67. The molecule has 1 aromatic carbocycles. The Labute approximate surface area is 152 Å². The van der Waals surface area contributed by atoms with Crippen LogP contribution in [0.15, 0.2) is 29.3 Å². The number of anilines is 1. The maximum atomic E-state index is 4.64. The highest BCUT2D eigenvalue weighted by molar-refractivity contribution is 14.0. The van der Waals surface area contributed by atoms with Gasteiger partial charge in [-0.15, -0.1) is 24.0 Å². The summed E-state index contributed by atoms with van der Waals surface area (Å²) in [6, 6.07) is 8.53. The van der Waals surface area contributed by atoms with Crippen LogP contribution in [-0.2, 0) is 6.54 Å². The molecule has 0 aliphatic carbocycles. The number of hydrogen-bond acceptors (Lipinski definition) is 2. The molecule has 0 bridgehead atoms. The summed E-state index contributed by atoms with van der Waals surface area (Å²) in [5.41, 5.74) is 2.44. The lowest BCUT2D eigenvalue weighted by molar-refractivity contribution is 0.573. The van der Waals surface area contributed by atoms with Crippen molar-refractivity contribution in [2.75, 3.05) is 32.1 Å². The lowest BCUT2D eigenvalue weighted by Crippen LogP contribution is -2.38. The fourth-order valence-electron chi connectivity index (χ4n) is 1.89. The number of halogens is 1. The molecule has 0 saturated carbocycles. The predicted molar refractivity (Wildman–Crippen MR) is 108 cm³/mol. The maximum absolute atomic E-state index is 4.64. The van der Waals surface area contributed by atoms with Crippen LogP contribution < -0.4 is 15.5 Å². The smallest absolute Gasteiger partial charge is 0.191 e. The zero-order valence-corrected chi connectivity index (χ0v) is 16.8. The van der Waals surface area contributed by atoms with Crippen LogP contribution in [0.4, 0.5) is 5.69 Å². The van der Waals surface area contributed by atoms with Gasteiger partial charge in [0.15, 0.2) is 5.96 Å². The van der Waals surface area contributed by atoms with Gasteiger partial charge in [-0.1, -0.05) is 26.0 Å². The van der Waals surface area contributed by atoms with Gasteiger partial charge in [-0.3, -0.25) is 0 Å². The van der Waals surface area contributed by atoms with E-state index in [-0.39, 0.29) is 24.0 Å². The van der Waals surface area contributed by atoms with E-state index in [4.69, 9.17) is 0 Å². The Hall–Kier alpha value is -0.980. The minimum Gasteiger partial charge on any atom is -0.378 e. The van der Waals surface area contributed by atoms with Crippen LogP contribution in [0.1, 0.15) is 32.8 Å². The fraction of sp³-hybridized carbons (Fsp3) is 0.588. The van der Waals surface area contributed by atoms with Gasteiger partial charge < -0.3 is 15.5 Å². The van der Waals surface area contributed by atoms with E-state index in [0.717, 1.165) is 25.5 Å². The molecule has 0 radical (unpaired) electrons. The van der Waals surface area contributed by atoms with Crippen molar-refractivity contribution >= 4 is 35.6 Å². The summed E-state index contributed by atoms with van der Waals surface area (Å²) < 4.78 is 0. The van der Waals surface area contributed by atoms with E-state index < -0.39 is 0 Å². The Morgan fingerprint density at radius 3 is 2.27 bits per heavy atom. The quantitative estimate of drug-likeness (QED) is 0.405. The number of hydrogen-bond donors (Lipinski definition) is 2. The van der Waals surface area contributed by atoms with Crippen molar-refractivity contribution in [2.24, 2.45) is 10.9 Å². The van der Waals surface area contributed by atoms with Crippen LogP contribution >= 0.6 is 24.0 Å². The fourth-order valence-corrected chi connectivity index (χ4v) is 1.89. The number of guanidine groups is 1. The van der Waals surface area contributed by atoms with Crippen molar-refractivity contribution < 1.29 is 0 Å². The molecule has 5 heteroatoms. The summed E-state index contributed by atoms with van der Waals surface area (Å²) in [7, 11) is 4.10. The topological polar surface area (TPSA) is 39.7 Å². The zero-order valence-electron chi connectivity index (χ0n) is 14.5. The van der Waals surface area contributed by atoms with Crippen LogP contribution in [0.5, 0.6) is 0 Å². The van der Waals surface area contributed by atoms with Crippen molar-refractivity contribution in [3.8, 4) is 0 Å². The molecule has 0 aliphatic rings. The third kappa shape index (κ3) is 8.46. The van der Waals surface area contributed by atoms with Gasteiger partial charge in [0.05, 0.1) is 6.54 Å². The molecular weight excluding hydrogens is 387 g/mol. The highest BCUT2D eigenvalue weighted by Gasteiger charge is 2.00. The standard InChI is InChI=1S/C17H30N4.HI/c1-6-18-17(19-12-11-14(2)3)20-13-15-7-9-16(10-8-15)21(4)5;/h7-10,14H,6,11-13H2,1-5H3,(H2,18,19,20);1H. The summed E-state index contributed by atoms with van der Waals surface area (Å²) in [6.45, 7) is 9.10. The first-order chi connectivity index (χ1) is 10.0. The highest BCUT2D eigenvalue weighted by atomic mass is 127. The number of benzene rings is 1. The van der Waals surface area contributed by atoms with Crippen LogP contribution in [0.2, 0.25) is 0 Å². The highest BCUT2D eigenvalue weighted by Crippen LogP contribution is 2.12. The second kappa shape index (κ2) is 11.6. The molecule has 0 heterocycles. The third-order valence-electron chi connectivity index (χ3n) is 3.23. The molecule has 0 saturated heterocycles. The molecule has 22 heavy (non-hydrogen) atoms. The summed E-state index contributed by atoms with van der Waals surface area (Å²) in [5.74, 6) is 1.61. The Bertz CT molecular complexity index is 427. The van der Waals surface area contributed by atoms with Crippen LogP contribution in [0.25, 0.3) is 0 Å². The van der Waals surface area contributed by atoms with Gasteiger partial charge in [0.25, 0.3) is 0 Å². The molecule has 0 spiro atoms. The average molecular weight is 418 g/mol. The second-order valence-electron chi connectivity index (χ2n) is 5.87. The maximum Gasteiger partial charge on any atom is 0.191 e. The normalized spacial score (nSPS) is 11.1. The predicted octanol–water partition coefficient (Wildman–Crippen LogP) is 3.47. The van der Waals surface area contributed by atoms with E-state index in [0.29, 0.717) is 12.5 Å². The Kier molecular flexibility index (Phi) is 11.1. The zero-order chi connectivity index (χ0) is 15.7. The molecule has 2 N–H and O–H groups in total. The molecule has 0 unspecified atom stereocenters. The van der Waals surface area contributed by atoms with Crippen molar-refractivity contribution in [1.29, 1.82) is 0 Å². The molecule has 0 aliphatic heterocycles. The first-order valence-electron chi connectivity index (χ1n) is 7.81. The molecule has 0 fully saturated rings. The number of aliphatic imine (C=N–C) groups is 1. The Balaban J connectivity index is 0.00000441. The van der Waals surface area contributed by atoms with E-state index >= 15 is 0 Å². The first-order valence-corrected chi connectivity index (χ1v) is 7.81. The molecular formula is C17H31IN4. The van der Waals surface area contributed by atoms with Gasteiger partial charge in [-0.25, -0.2) is 4.99 Å². The Morgan fingerprint density at radius 2 is 1.77 bits per heavy atom. The van der Waals surface area contributed by atoms with Gasteiger partial charge in [-0.2, -0.15) is 0 Å². The molecule has 1 aromatic rings. The van der Waals surface area contributed by atoms with Gasteiger partial charge in [0.1, 0.15) is 0 Å². The summed E-state index contributed by atoms with van der Waals surface area (Å²) >= 11 is 0. The number of rotatable bonds is 7. The molecule has 0 amide bonds. The molecule has 4 nitrogen and oxygen atoms in total. The Morgan fingerprint density at radius 1 is 1.14 bits per heavy atom. The largest absolute Gasteiger partial charge is 0.378 e. The summed E-state index contributed by atoms with van der Waals surface area (Å²) in [6.07, 6.45) is 1.15. The molecule has 126 valence electrons. The van der Waals surface area contributed by atoms with Gasteiger partial charge in [-0.05, 0) is 37.0 Å². The number of nitrogens with one attached hydrogen (secondary N) is 2. The molecule has 0 aromatic heterocycles. The van der Waals surface area contributed by atoms with Gasteiger partial charge in [0, 0.05) is 32.9 Å². The van der Waals surface area contributed by atoms with Crippen molar-refractivity contribution in [2.45, 2.75) is 33.7 Å². The van der Waals surface area contributed by atoms with Gasteiger partial charge >= 0.3 is 0 Å². The molecule has 0 atom stereocenters. The monoisotopic (exact) mass is 418 g/mol. The van der Waals surface area contributed by atoms with Crippen LogP contribution in [0, 0.1) is 5.92 Å². The van der Waals surface area contributed by atoms with E-state index in [1.165, 1.54) is 11.3 Å². The first kappa shape index (κ1) is 21.0. The van der Waals surface area contributed by atoms with Crippen LogP contribution in [-0.4, -0.2) is 33.1 Å². The molecule has 1 rings (SSSR count). The van der Waals surface area contributed by atoms with Crippen molar-refractivity contribution in [3.05, 3.63) is 29.8 Å². The van der Waals surface area contributed by atoms with E-state index in [1.807, 2.05) is 0 Å². The average Bonchev–Trinajstić information content (AvgIpc) is 2.44. The van der Waals surface area contributed by atoms with E-state index in [2.05, 4.69) is 79.7 Å². The summed E-state index contributed by atoms with van der Waals surface area (Å²) in [4.78, 5) is 6.74. The van der Waals surface area contributed by atoms with E-state index in [1.54, 1.807) is 0 Å². The van der Waals surface area contributed by atoms with Crippen molar-refractivity contribution in [1.82, 2.24) is 10.6 Å². The third-order valence-corrected chi connectivity index (χ3v) is 3.23. The number of nitrogens with zero attached hydrogens (tertiary/aromatic N) is 2. The van der Waals surface area contributed by atoms with E-state index in [9.17, 15) is 0 Å². The van der Waals surface area contributed by atoms with Gasteiger partial charge in [0.2, 0.25) is 0 Å². The van der Waals surface area contributed by atoms with Crippen LogP contribution in [0.3, 0.4) is 0 Å². The minimum absolute atomic E-state index is 0. The lowest BCUT2D eigenvalue weighted by Gasteiger charge is -2.13.